The van der Waals surface area contributed by atoms with Crippen LogP contribution in [0, 0.1) is 17.8 Å². The lowest BCUT2D eigenvalue weighted by atomic mass is 9.68. The summed E-state index contributed by atoms with van der Waals surface area (Å²) in [7, 11) is -3.63. The molecule has 1 atom stereocenters. The molecule has 1 saturated heterocycles. The molecule has 1 spiro atoms. The molecule has 1 unspecified atom stereocenters. The smallest absolute Gasteiger partial charge is 0.207 e. The van der Waals surface area contributed by atoms with Crippen molar-refractivity contribution in [3.05, 3.63) is 81.9 Å². The fourth-order valence-corrected chi connectivity index (χ4v) is 7.20. The third-order valence-electron chi connectivity index (χ3n) is 6.64. The van der Waals surface area contributed by atoms with E-state index in [1.165, 1.54) is 0 Å². The molecule has 1 heterocycles. The molecule has 0 amide bonds. The summed E-state index contributed by atoms with van der Waals surface area (Å²) < 4.78 is 29.8. The Morgan fingerprint density at radius 2 is 1.62 bits per heavy atom. The molecular weight excluding hydrogens is 506 g/mol. The molecule has 6 heteroatoms. The van der Waals surface area contributed by atoms with Gasteiger partial charge in [0.1, 0.15) is 0 Å². The summed E-state index contributed by atoms with van der Waals surface area (Å²) in [6, 6.07) is 15.0. The summed E-state index contributed by atoms with van der Waals surface area (Å²) in [6.07, 6.45) is 7.09. The van der Waals surface area contributed by atoms with Gasteiger partial charge in [0, 0.05) is 28.0 Å². The second-order valence-corrected chi connectivity index (χ2v) is 13.1. The standard InChI is InChI=1S/C26H29BrClNO2S/c1-19-6-12-22(13-7-19)32(30,31)29-16-23(24(28)20-8-10-21(27)11-9-20)26(18-29)15-5-4-14-25(2,3)17-26/h4-13H,14-18H2,1-3H3/b24-23+. The highest BCUT2D eigenvalue weighted by molar-refractivity contribution is 9.10. The van der Waals surface area contributed by atoms with Crippen LogP contribution in [0.1, 0.15) is 44.2 Å². The van der Waals surface area contributed by atoms with Crippen LogP contribution in [0.4, 0.5) is 0 Å². The fourth-order valence-electron chi connectivity index (χ4n) is 5.06. The number of benzene rings is 2. The van der Waals surface area contributed by atoms with Crippen molar-refractivity contribution in [3.63, 3.8) is 0 Å². The van der Waals surface area contributed by atoms with E-state index in [9.17, 15) is 8.42 Å². The summed E-state index contributed by atoms with van der Waals surface area (Å²) in [5.41, 5.74) is 2.72. The quantitative estimate of drug-likeness (QED) is 0.392. The zero-order chi connectivity index (χ0) is 23.1. The summed E-state index contributed by atoms with van der Waals surface area (Å²) in [5, 5.41) is 0.671. The monoisotopic (exact) mass is 533 g/mol. The first-order valence-corrected chi connectivity index (χ1v) is 13.5. The number of aryl methyl sites for hydroxylation is 1. The van der Waals surface area contributed by atoms with Crippen LogP contribution >= 0.6 is 27.5 Å². The Morgan fingerprint density at radius 1 is 1.00 bits per heavy atom. The van der Waals surface area contributed by atoms with Gasteiger partial charge in [-0.1, -0.05) is 83.4 Å². The Balaban J connectivity index is 1.83. The van der Waals surface area contributed by atoms with E-state index in [2.05, 4.69) is 41.9 Å². The average Bonchev–Trinajstić information content (AvgIpc) is 3.02. The number of sulfonamides is 1. The molecule has 0 bridgehead atoms. The molecule has 0 saturated carbocycles. The fraction of sp³-hybridized carbons (Fsp3) is 0.385. The second-order valence-electron chi connectivity index (χ2n) is 9.89. The third-order valence-corrected chi connectivity index (χ3v) is 9.42. The maximum atomic E-state index is 13.6. The molecule has 0 aromatic heterocycles. The van der Waals surface area contributed by atoms with E-state index in [1.54, 1.807) is 16.4 Å². The average molecular weight is 535 g/mol. The molecule has 2 aliphatic rings. The van der Waals surface area contributed by atoms with E-state index in [-0.39, 0.29) is 10.8 Å². The lowest BCUT2D eigenvalue weighted by Crippen LogP contribution is -2.34. The molecule has 170 valence electrons. The van der Waals surface area contributed by atoms with Crippen molar-refractivity contribution in [2.75, 3.05) is 13.1 Å². The van der Waals surface area contributed by atoms with Crippen LogP contribution in [0.2, 0.25) is 0 Å². The third kappa shape index (κ3) is 4.63. The van der Waals surface area contributed by atoms with Crippen LogP contribution < -0.4 is 0 Å². The predicted molar refractivity (Wildman–Crippen MR) is 136 cm³/mol. The minimum Gasteiger partial charge on any atom is -0.207 e. The number of halogens is 2. The zero-order valence-corrected chi connectivity index (χ0v) is 21.9. The van der Waals surface area contributed by atoms with Gasteiger partial charge >= 0.3 is 0 Å². The highest BCUT2D eigenvalue weighted by Gasteiger charge is 2.50. The Labute approximate surface area is 205 Å². The van der Waals surface area contributed by atoms with E-state index in [4.69, 9.17) is 11.6 Å². The van der Waals surface area contributed by atoms with Gasteiger partial charge in [-0.05, 0) is 67.0 Å². The maximum Gasteiger partial charge on any atom is 0.243 e. The Morgan fingerprint density at radius 3 is 2.28 bits per heavy atom. The second kappa shape index (κ2) is 8.75. The van der Waals surface area contributed by atoms with Gasteiger partial charge in [0.2, 0.25) is 10.0 Å². The zero-order valence-electron chi connectivity index (χ0n) is 18.7. The summed E-state index contributed by atoms with van der Waals surface area (Å²) >= 11 is 10.5. The SMILES string of the molecule is Cc1ccc(S(=O)(=O)N2C/C(=C(\Cl)c3ccc(Br)cc3)C3(CC=CCC(C)(C)C3)C2)cc1. The molecular formula is C26H29BrClNO2S. The summed E-state index contributed by atoms with van der Waals surface area (Å²) in [5.74, 6) is 0. The minimum atomic E-state index is -3.63. The number of allylic oxidation sites excluding steroid dienone is 2. The molecule has 2 aromatic rings. The molecule has 1 fully saturated rings. The van der Waals surface area contributed by atoms with Gasteiger partial charge in [0.25, 0.3) is 0 Å². The van der Waals surface area contributed by atoms with E-state index in [1.807, 2.05) is 43.3 Å². The van der Waals surface area contributed by atoms with Crippen molar-refractivity contribution in [1.29, 1.82) is 0 Å². The molecule has 1 aliphatic heterocycles. The first-order chi connectivity index (χ1) is 15.0. The maximum absolute atomic E-state index is 13.6. The van der Waals surface area contributed by atoms with Crippen molar-refractivity contribution < 1.29 is 8.42 Å². The van der Waals surface area contributed by atoms with E-state index < -0.39 is 10.0 Å². The van der Waals surface area contributed by atoms with Gasteiger partial charge in [0.15, 0.2) is 0 Å². The summed E-state index contributed by atoms with van der Waals surface area (Å²) in [6.45, 7) is 7.23. The van der Waals surface area contributed by atoms with Crippen LogP contribution in [0.3, 0.4) is 0 Å². The molecule has 3 nitrogen and oxygen atoms in total. The van der Waals surface area contributed by atoms with Gasteiger partial charge in [-0.2, -0.15) is 4.31 Å². The van der Waals surface area contributed by atoms with Crippen LogP contribution in [0.15, 0.2) is 75.6 Å². The van der Waals surface area contributed by atoms with Gasteiger partial charge in [-0.3, -0.25) is 0 Å². The van der Waals surface area contributed by atoms with Gasteiger partial charge in [0.05, 0.1) is 4.90 Å². The van der Waals surface area contributed by atoms with Crippen molar-refractivity contribution in [3.8, 4) is 0 Å². The number of nitrogens with zero attached hydrogens (tertiary/aromatic N) is 1. The van der Waals surface area contributed by atoms with Crippen LogP contribution in [0.5, 0.6) is 0 Å². The normalized spacial score (nSPS) is 25.2. The molecule has 1 aliphatic carbocycles. The van der Waals surface area contributed by atoms with Crippen molar-refractivity contribution in [2.45, 2.75) is 44.9 Å². The lowest BCUT2D eigenvalue weighted by Gasteiger charge is -2.36. The Bertz CT molecular complexity index is 1170. The molecule has 4 rings (SSSR count). The van der Waals surface area contributed by atoms with Crippen molar-refractivity contribution in [2.24, 2.45) is 10.8 Å². The van der Waals surface area contributed by atoms with Crippen LogP contribution in [-0.4, -0.2) is 25.8 Å². The Kier molecular flexibility index (Phi) is 6.49. The van der Waals surface area contributed by atoms with Gasteiger partial charge in [-0.15, -0.1) is 0 Å². The topological polar surface area (TPSA) is 37.4 Å². The first kappa shape index (κ1) is 23.7. The molecule has 0 N–H and O–H groups in total. The molecule has 0 radical (unpaired) electrons. The summed E-state index contributed by atoms with van der Waals surface area (Å²) in [4.78, 5) is 0.336. The number of hydrogen-bond donors (Lipinski definition) is 0. The van der Waals surface area contributed by atoms with Crippen LogP contribution in [0.25, 0.3) is 5.03 Å². The predicted octanol–water partition coefficient (Wildman–Crippen LogP) is 7.16. The largest absolute Gasteiger partial charge is 0.243 e. The lowest BCUT2D eigenvalue weighted by molar-refractivity contribution is 0.209. The molecule has 2 aromatic carbocycles. The van der Waals surface area contributed by atoms with Gasteiger partial charge in [-0.25, -0.2) is 8.42 Å². The highest BCUT2D eigenvalue weighted by Crippen LogP contribution is 2.53. The Hall–Kier alpha value is -1.40. The number of hydrogen-bond acceptors (Lipinski definition) is 2. The molecule has 32 heavy (non-hydrogen) atoms. The van der Waals surface area contributed by atoms with Gasteiger partial charge < -0.3 is 0 Å². The van der Waals surface area contributed by atoms with Crippen LogP contribution in [-0.2, 0) is 10.0 Å². The van der Waals surface area contributed by atoms with E-state index in [0.29, 0.717) is 23.0 Å². The van der Waals surface area contributed by atoms with Crippen molar-refractivity contribution in [1.82, 2.24) is 4.31 Å². The number of rotatable bonds is 3. The highest BCUT2D eigenvalue weighted by atomic mass is 79.9. The minimum absolute atomic E-state index is 0.0543. The van der Waals surface area contributed by atoms with E-state index in [0.717, 1.165) is 40.4 Å². The van der Waals surface area contributed by atoms with Crippen molar-refractivity contribution >= 4 is 42.6 Å². The first-order valence-electron chi connectivity index (χ1n) is 10.9. The van der Waals surface area contributed by atoms with E-state index >= 15 is 0 Å².